The largest absolute Gasteiger partial charge is 0.405 e. The first kappa shape index (κ1) is 16.2. The van der Waals surface area contributed by atoms with Crippen LogP contribution < -0.4 is 10.6 Å². The standard InChI is InChI=1S/C10H20F3N3O/c1-8(4-5-16(2)3)14-6-9(17)15-7-10(11,12)13/h8,14H,4-7H2,1-3H3,(H,15,17). The number of carbonyl (C=O) groups is 1. The van der Waals surface area contributed by atoms with Gasteiger partial charge in [0.25, 0.3) is 0 Å². The van der Waals surface area contributed by atoms with Crippen LogP contribution in [0.3, 0.4) is 0 Å². The van der Waals surface area contributed by atoms with Gasteiger partial charge in [-0.05, 0) is 34.0 Å². The fourth-order valence-electron chi connectivity index (χ4n) is 1.08. The first-order chi connectivity index (χ1) is 7.70. The number of rotatable bonds is 7. The van der Waals surface area contributed by atoms with Crippen molar-refractivity contribution >= 4 is 5.91 Å². The van der Waals surface area contributed by atoms with Gasteiger partial charge in [-0.2, -0.15) is 13.2 Å². The van der Waals surface area contributed by atoms with Gasteiger partial charge in [0.2, 0.25) is 5.91 Å². The number of carbonyl (C=O) groups excluding carboxylic acids is 1. The minimum Gasteiger partial charge on any atom is -0.346 e. The van der Waals surface area contributed by atoms with Crippen molar-refractivity contribution < 1.29 is 18.0 Å². The summed E-state index contributed by atoms with van der Waals surface area (Å²) >= 11 is 0. The number of hydrogen-bond acceptors (Lipinski definition) is 3. The molecule has 0 aromatic carbocycles. The smallest absolute Gasteiger partial charge is 0.346 e. The number of hydrogen-bond donors (Lipinski definition) is 2. The van der Waals surface area contributed by atoms with E-state index >= 15 is 0 Å². The Morgan fingerprint density at radius 1 is 1.35 bits per heavy atom. The van der Waals surface area contributed by atoms with Gasteiger partial charge in [0.15, 0.2) is 0 Å². The second kappa shape index (κ2) is 7.50. The van der Waals surface area contributed by atoms with Crippen LogP contribution in [-0.4, -0.2) is 56.8 Å². The van der Waals surface area contributed by atoms with Gasteiger partial charge < -0.3 is 15.5 Å². The summed E-state index contributed by atoms with van der Waals surface area (Å²) in [5.41, 5.74) is 0. The highest BCUT2D eigenvalue weighted by molar-refractivity contribution is 5.78. The highest BCUT2D eigenvalue weighted by Crippen LogP contribution is 2.11. The van der Waals surface area contributed by atoms with Gasteiger partial charge in [-0.15, -0.1) is 0 Å². The van der Waals surface area contributed by atoms with Crippen LogP contribution >= 0.6 is 0 Å². The molecule has 0 aromatic heterocycles. The van der Waals surface area contributed by atoms with E-state index in [1.807, 2.05) is 25.9 Å². The monoisotopic (exact) mass is 255 g/mol. The molecule has 0 heterocycles. The lowest BCUT2D eigenvalue weighted by atomic mass is 10.2. The molecule has 0 aromatic rings. The Morgan fingerprint density at radius 3 is 2.41 bits per heavy atom. The maximum atomic E-state index is 11.8. The maximum absolute atomic E-state index is 11.8. The molecule has 17 heavy (non-hydrogen) atoms. The number of amides is 1. The number of alkyl halides is 3. The van der Waals surface area contributed by atoms with Gasteiger partial charge in [0.05, 0.1) is 6.54 Å². The molecule has 0 aliphatic rings. The fraction of sp³-hybridized carbons (Fsp3) is 0.900. The van der Waals surface area contributed by atoms with Gasteiger partial charge in [0.1, 0.15) is 6.54 Å². The van der Waals surface area contributed by atoms with E-state index in [9.17, 15) is 18.0 Å². The molecule has 0 aliphatic heterocycles. The zero-order valence-corrected chi connectivity index (χ0v) is 10.4. The molecule has 0 bridgehead atoms. The molecule has 7 heteroatoms. The second-order valence-electron chi connectivity index (χ2n) is 4.27. The normalized spacial score (nSPS) is 13.8. The predicted octanol–water partition coefficient (Wildman–Crippen LogP) is 0.595. The van der Waals surface area contributed by atoms with E-state index in [1.165, 1.54) is 0 Å². The molecule has 0 aliphatic carbocycles. The van der Waals surface area contributed by atoms with Gasteiger partial charge >= 0.3 is 6.18 Å². The van der Waals surface area contributed by atoms with Crippen LogP contribution in [0, 0.1) is 0 Å². The van der Waals surface area contributed by atoms with Crippen LogP contribution in [0.1, 0.15) is 13.3 Å². The van der Waals surface area contributed by atoms with Crippen molar-refractivity contribution in [1.29, 1.82) is 0 Å². The minimum atomic E-state index is -4.35. The molecule has 0 radical (unpaired) electrons. The molecule has 0 saturated carbocycles. The second-order valence-corrected chi connectivity index (χ2v) is 4.27. The minimum absolute atomic E-state index is 0.0917. The third-order valence-corrected chi connectivity index (χ3v) is 2.11. The van der Waals surface area contributed by atoms with Crippen LogP contribution in [-0.2, 0) is 4.79 Å². The van der Waals surface area contributed by atoms with Crippen LogP contribution in [0.2, 0.25) is 0 Å². The van der Waals surface area contributed by atoms with Crippen molar-refractivity contribution in [3.63, 3.8) is 0 Å². The van der Waals surface area contributed by atoms with Crippen molar-refractivity contribution in [3.8, 4) is 0 Å². The van der Waals surface area contributed by atoms with Crippen LogP contribution in [0.15, 0.2) is 0 Å². The van der Waals surface area contributed by atoms with Gasteiger partial charge in [-0.25, -0.2) is 0 Å². The summed E-state index contributed by atoms with van der Waals surface area (Å²) in [4.78, 5) is 13.1. The zero-order valence-electron chi connectivity index (χ0n) is 10.4. The molecule has 0 rings (SSSR count). The van der Waals surface area contributed by atoms with Crippen molar-refractivity contribution in [1.82, 2.24) is 15.5 Å². The lowest BCUT2D eigenvalue weighted by Crippen LogP contribution is -2.42. The van der Waals surface area contributed by atoms with Gasteiger partial charge in [-0.1, -0.05) is 0 Å². The van der Waals surface area contributed by atoms with E-state index in [0.717, 1.165) is 13.0 Å². The summed E-state index contributed by atoms with van der Waals surface area (Å²) in [5, 5.41) is 4.67. The maximum Gasteiger partial charge on any atom is 0.405 e. The van der Waals surface area contributed by atoms with E-state index in [1.54, 1.807) is 5.32 Å². The Kier molecular flexibility index (Phi) is 7.13. The quantitative estimate of drug-likeness (QED) is 0.700. The topological polar surface area (TPSA) is 44.4 Å². The Hall–Kier alpha value is -0.820. The van der Waals surface area contributed by atoms with E-state index in [0.29, 0.717) is 0 Å². The molecule has 0 saturated heterocycles. The molecule has 0 fully saturated rings. The molecular weight excluding hydrogens is 235 g/mol. The van der Waals surface area contributed by atoms with Gasteiger partial charge in [-0.3, -0.25) is 4.79 Å². The van der Waals surface area contributed by atoms with Gasteiger partial charge in [0, 0.05) is 6.04 Å². The zero-order chi connectivity index (χ0) is 13.5. The average molecular weight is 255 g/mol. The number of nitrogens with zero attached hydrogens (tertiary/aromatic N) is 1. The average Bonchev–Trinajstić information content (AvgIpc) is 2.19. The summed E-state index contributed by atoms with van der Waals surface area (Å²) in [6, 6.07) is 0.0917. The molecule has 4 nitrogen and oxygen atoms in total. The lowest BCUT2D eigenvalue weighted by molar-refractivity contribution is -0.137. The molecule has 0 spiro atoms. The lowest BCUT2D eigenvalue weighted by Gasteiger charge is -2.16. The van der Waals surface area contributed by atoms with E-state index in [2.05, 4.69) is 5.32 Å². The molecule has 2 N–H and O–H groups in total. The number of halogens is 3. The van der Waals surface area contributed by atoms with E-state index < -0.39 is 18.6 Å². The van der Waals surface area contributed by atoms with Crippen molar-refractivity contribution in [2.75, 3.05) is 33.7 Å². The Morgan fingerprint density at radius 2 is 1.94 bits per heavy atom. The number of nitrogens with one attached hydrogen (secondary N) is 2. The SMILES string of the molecule is CC(CCN(C)C)NCC(=O)NCC(F)(F)F. The highest BCUT2D eigenvalue weighted by atomic mass is 19.4. The molecule has 1 atom stereocenters. The van der Waals surface area contributed by atoms with Crippen molar-refractivity contribution in [3.05, 3.63) is 0 Å². The predicted molar refractivity (Wildman–Crippen MR) is 59.7 cm³/mol. The van der Waals surface area contributed by atoms with Crippen molar-refractivity contribution in [2.24, 2.45) is 0 Å². The van der Waals surface area contributed by atoms with Crippen LogP contribution in [0.5, 0.6) is 0 Å². The molecule has 1 amide bonds. The van der Waals surface area contributed by atoms with Crippen molar-refractivity contribution in [2.45, 2.75) is 25.6 Å². The van der Waals surface area contributed by atoms with E-state index in [4.69, 9.17) is 0 Å². The van der Waals surface area contributed by atoms with Crippen LogP contribution in [0.4, 0.5) is 13.2 Å². The Balaban J connectivity index is 3.62. The summed E-state index contributed by atoms with van der Waals surface area (Å²) in [6.07, 6.45) is -3.52. The third-order valence-electron chi connectivity index (χ3n) is 2.11. The Labute approximate surface area is 99.5 Å². The summed E-state index contributed by atoms with van der Waals surface area (Å²) in [5.74, 6) is -0.640. The molecule has 1 unspecified atom stereocenters. The van der Waals surface area contributed by atoms with Crippen LogP contribution in [0.25, 0.3) is 0 Å². The molecular formula is C10H20F3N3O. The first-order valence-corrected chi connectivity index (χ1v) is 5.42. The molecule has 102 valence electrons. The van der Waals surface area contributed by atoms with E-state index in [-0.39, 0.29) is 12.6 Å². The Bertz CT molecular complexity index is 231. The highest BCUT2D eigenvalue weighted by Gasteiger charge is 2.27. The first-order valence-electron chi connectivity index (χ1n) is 5.42. The summed E-state index contributed by atoms with van der Waals surface area (Å²) < 4.78 is 35.4. The third kappa shape index (κ3) is 11.4. The fourth-order valence-corrected chi connectivity index (χ4v) is 1.08. The summed E-state index contributed by atoms with van der Waals surface area (Å²) in [6.45, 7) is 1.38. The summed E-state index contributed by atoms with van der Waals surface area (Å²) in [7, 11) is 3.87.